The number of alkyl halides is 1. The van der Waals surface area contributed by atoms with Crippen LogP contribution in [0.2, 0.25) is 0 Å². The lowest BCUT2D eigenvalue weighted by Gasteiger charge is -2.19. The quantitative estimate of drug-likeness (QED) is 0.764. The van der Waals surface area contributed by atoms with Gasteiger partial charge in [0.05, 0.1) is 0 Å². The highest BCUT2D eigenvalue weighted by molar-refractivity contribution is 9.10. The van der Waals surface area contributed by atoms with Crippen LogP contribution in [0.5, 0.6) is 0 Å². The first-order chi connectivity index (χ1) is 8.90. The molecule has 2 nitrogen and oxygen atoms in total. The Morgan fingerprint density at radius 2 is 2.16 bits per heavy atom. The standard InChI is InChI=1S/C16H22BrNO/c1-4-5-15(19)18-9-8-13-10-12(6-7-14(13)18)11-16(2,3)17/h6-7,10H,4-5,8-9,11H2,1-3H3. The van der Waals surface area contributed by atoms with Crippen molar-refractivity contribution in [3.05, 3.63) is 29.3 Å². The fourth-order valence-electron chi connectivity index (χ4n) is 2.66. The maximum Gasteiger partial charge on any atom is 0.226 e. The molecule has 1 aromatic rings. The number of anilines is 1. The van der Waals surface area contributed by atoms with Crippen molar-refractivity contribution >= 4 is 27.5 Å². The normalized spacial score (nSPS) is 14.6. The summed E-state index contributed by atoms with van der Waals surface area (Å²) in [6.07, 6.45) is 3.56. The minimum absolute atomic E-state index is 0.123. The second kappa shape index (κ2) is 5.66. The SMILES string of the molecule is CCCC(=O)N1CCc2cc(CC(C)(C)Br)ccc21. The zero-order chi connectivity index (χ0) is 14.0. The zero-order valence-electron chi connectivity index (χ0n) is 12.0. The summed E-state index contributed by atoms with van der Waals surface area (Å²) in [6, 6.07) is 6.53. The summed E-state index contributed by atoms with van der Waals surface area (Å²) >= 11 is 3.69. The number of rotatable bonds is 4. The van der Waals surface area contributed by atoms with Crippen molar-refractivity contribution in [3.8, 4) is 0 Å². The highest BCUT2D eigenvalue weighted by atomic mass is 79.9. The van der Waals surface area contributed by atoms with Gasteiger partial charge in [-0.15, -0.1) is 0 Å². The first kappa shape index (κ1) is 14.6. The van der Waals surface area contributed by atoms with Crippen LogP contribution in [-0.4, -0.2) is 16.8 Å². The van der Waals surface area contributed by atoms with E-state index in [1.807, 2.05) is 4.90 Å². The number of amides is 1. The highest BCUT2D eigenvalue weighted by Gasteiger charge is 2.24. The maximum absolute atomic E-state index is 12.0. The summed E-state index contributed by atoms with van der Waals surface area (Å²) in [7, 11) is 0. The van der Waals surface area contributed by atoms with Crippen LogP contribution in [0.15, 0.2) is 18.2 Å². The first-order valence-electron chi connectivity index (χ1n) is 7.02. The average Bonchev–Trinajstić information content (AvgIpc) is 2.70. The van der Waals surface area contributed by atoms with Crippen molar-refractivity contribution in [3.63, 3.8) is 0 Å². The molecule has 1 aliphatic rings. The Balaban J connectivity index is 2.18. The number of halogens is 1. The predicted octanol–water partition coefficient (Wildman–Crippen LogP) is 4.09. The number of fused-ring (bicyclic) bond motifs is 1. The average molecular weight is 324 g/mol. The van der Waals surface area contributed by atoms with E-state index in [1.165, 1.54) is 11.1 Å². The van der Waals surface area contributed by atoms with Gasteiger partial charge in [-0.25, -0.2) is 0 Å². The minimum atomic E-state index is 0.123. The van der Waals surface area contributed by atoms with Crippen LogP contribution in [0.4, 0.5) is 5.69 Å². The van der Waals surface area contributed by atoms with Crippen molar-refractivity contribution in [2.75, 3.05) is 11.4 Å². The minimum Gasteiger partial charge on any atom is -0.312 e. The Morgan fingerprint density at radius 3 is 2.79 bits per heavy atom. The molecule has 0 radical (unpaired) electrons. The predicted molar refractivity (Wildman–Crippen MR) is 84.1 cm³/mol. The van der Waals surface area contributed by atoms with Crippen molar-refractivity contribution in [1.82, 2.24) is 0 Å². The molecule has 2 rings (SSSR count). The highest BCUT2D eigenvalue weighted by Crippen LogP contribution is 2.31. The molecule has 0 saturated heterocycles. The lowest BCUT2D eigenvalue weighted by molar-refractivity contribution is -0.118. The Kier molecular flexibility index (Phi) is 4.34. The van der Waals surface area contributed by atoms with E-state index in [1.54, 1.807) is 0 Å². The summed E-state index contributed by atoms with van der Waals surface area (Å²) in [5, 5.41) is 0. The van der Waals surface area contributed by atoms with E-state index in [0.717, 1.165) is 31.5 Å². The van der Waals surface area contributed by atoms with Gasteiger partial charge in [0.15, 0.2) is 0 Å². The number of hydrogen-bond acceptors (Lipinski definition) is 1. The molecule has 0 saturated carbocycles. The van der Waals surface area contributed by atoms with Crippen molar-refractivity contribution in [1.29, 1.82) is 0 Å². The summed E-state index contributed by atoms with van der Waals surface area (Å²) in [5.41, 5.74) is 3.78. The van der Waals surface area contributed by atoms with Crippen LogP contribution >= 0.6 is 15.9 Å². The van der Waals surface area contributed by atoms with Gasteiger partial charge in [0.25, 0.3) is 0 Å². The molecule has 0 aliphatic carbocycles. The van der Waals surface area contributed by atoms with Gasteiger partial charge in [-0.1, -0.05) is 35.0 Å². The Bertz CT molecular complexity index is 476. The second-order valence-corrected chi connectivity index (χ2v) is 8.05. The molecule has 1 heterocycles. The Morgan fingerprint density at radius 1 is 1.42 bits per heavy atom. The summed E-state index contributed by atoms with van der Waals surface area (Å²) < 4.78 is 0.123. The largest absolute Gasteiger partial charge is 0.312 e. The van der Waals surface area contributed by atoms with Gasteiger partial charge in [-0.05, 0) is 50.3 Å². The van der Waals surface area contributed by atoms with Gasteiger partial charge >= 0.3 is 0 Å². The van der Waals surface area contributed by atoms with Crippen molar-refractivity contribution < 1.29 is 4.79 Å². The Hall–Kier alpha value is -0.830. The van der Waals surface area contributed by atoms with Crippen LogP contribution in [0.25, 0.3) is 0 Å². The zero-order valence-corrected chi connectivity index (χ0v) is 13.6. The van der Waals surface area contributed by atoms with E-state index < -0.39 is 0 Å². The fraction of sp³-hybridized carbons (Fsp3) is 0.562. The molecule has 0 atom stereocenters. The number of hydrogen-bond donors (Lipinski definition) is 0. The molecule has 1 aromatic carbocycles. The smallest absolute Gasteiger partial charge is 0.226 e. The van der Waals surface area contributed by atoms with Crippen molar-refractivity contribution in [2.45, 2.75) is 50.8 Å². The van der Waals surface area contributed by atoms with Crippen LogP contribution in [0.1, 0.15) is 44.7 Å². The van der Waals surface area contributed by atoms with E-state index in [0.29, 0.717) is 6.42 Å². The van der Waals surface area contributed by atoms with Gasteiger partial charge in [-0.3, -0.25) is 4.79 Å². The summed E-state index contributed by atoms with van der Waals surface area (Å²) in [5.74, 6) is 0.259. The summed E-state index contributed by atoms with van der Waals surface area (Å²) in [4.78, 5) is 14.0. The molecule has 0 unspecified atom stereocenters. The molecule has 0 spiro atoms. The maximum atomic E-state index is 12.0. The number of nitrogens with zero attached hydrogens (tertiary/aromatic N) is 1. The van der Waals surface area contributed by atoms with E-state index in [4.69, 9.17) is 0 Å². The van der Waals surface area contributed by atoms with Crippen LogP contribution < -0.4 is 4.90 Å². The topological polar surface area (TPSA) is 20.3 Å². The van der Waals surface area contributed by atoms with Crippen molar-refractivity contribution in [2.24, 2.45) is 0 Å². The molecule has 1 aliphatic heterocycles. The number of benzene rings is 1. The van der Waals surface area contributed by atoms with Crippen LogP contribution in [0.3, 0.4) is 0 Å². The third-order valence-corrected chi connectivity index (χ3v) is 3.71. The first-order valence-corrected chi connectivity index (χ1v) is 7.81. The molecule has 0 aromatic heterocycles. The second-order valence-electron chi connectivity index (χ2n) is 5.90. The lowest BCUT2D eigenvalue weighted by Crippen LogP contribution is -2.28. The summed E-state index contributed by atoms with van der Waals surface area (Å²) in [6.45, 7) is 7.25. The van der Waals surface area contributed by atoms with Crippen LogP contribution in [0, 0.1) is 0 Å². The molecular formula is C16H22BrNO. The van der Waals surface area contributed by atoms with E-state index in [2.05, 4.69) is 54.9 Å². The molecule has 19 heavy (non-hydrogen) atoms. The fourth-order valence-corrected chi connectivity index (χ4v) is 2.98. The molecule has 104 valence electrons. The molecule has 3 heteroatoms. The molecule has 0 bridgehead atoms. The molecule has 0 fully saturated rings. The number of carbonyl (C=O) groups excluding carboxylic acids is 1. The van der Waals surface area contributed by atoms with Gasteiger partial charge in [0.2, 0.25) is 5.91 Å². The van der Waals surface area contributed by atoms with E-state index >= 15 is 0 Å². The van der Waals surface area contributed by atoms with Crippen LogP contribution in [-0.2, 0) is 17.6 Å². The third kappa shape index (κ3) is 3.59. The van der Waals surface area contributed by atoms with E-state index in [9.17, 15) is 4.79 Å². The lowest BCUT2D eigenvalue weighted by atomic mass is 10.00. The molecule has 1 amide bonds. The van der Waals surface area contributed by atoms with E-state index in [-0.39, 0.29) is 10.2 Å². The van der Waals surface area contributed by atoms with Gasteiger partial charge in [-0.2, -0.15) is 0 Å². The number of carbonyl (C=O) groups is 1. The monoisotopic (exact) mass is 323 g/mol. The van der Waals surface area contributed by atoms with Gasteiger partial charge < -0.3 is 4.90 Å². The third-order valence-electron chi connectivity index (χ3n) is 3.43. The van der Waals surface area contributed by atoms with Gasteiger partial charge in [0, 0.05) is 23.0 Å². The molecule has 0 N–H and O–H groups in total. The molecular weight excluding hydrogens is 302 g/mol. The van der Waals surface area contributed by atoms with Gasteiger partial charge in [0.1, 0.15) is 0 Å². The Labute approximate surface area is 124 Å².